The van der Waals surface area contributed by atoms with E-state index in [1.54, 1.807) is 50.6 Å². The van der Waals surface area contributed by atoms with Crippen LogP contribution in [0.1, 0.15) is 10.4 Å². The molecule has 2 aromatic rings. The number of hydrogen-bond acceptors (Lipinski definition) is 5. The Morgan fingerprint density at radius 3 is 2.52 bits per heavy atom. The van der Waals surface area contributed by atoms with Crippen molar-refractivity contribution in [3.05, 3.63) is 48.0 Å². The normalized spacial score (nSPS) is 10.5. The topological polar surface area (TPSA) is 118 Å². The summed E-state index contributed by atoms with van der Waals surface area (Å²) < 4.78 is 10.4. The van der Waals surface area contributed by atoms with Gasteiger partial charge in [-0.25, -0.2) is 0 Å². The molecule has 0 radical (unpaired) electrons. The second-order valence-corrected chi connectivity index (χ2v) is 5.23. The van der Waals surface area contributed by atoms with Crippen LogP contribution in [0, 0.1) is 0 Å². The van der Waals surface area contributed by atoms with Crippen LogP contribution in [0.2, 0.25) is 0 Å². The van der Waals surface area contributed by atoms with E-state index in [2.05, 4.69) is 15.6 Å². The largest absolute Gasteiger partial charge is 0.507 e. The van der Waals surface area contributed by atoms with Crippen molar-refractivity contribution in [2.45, 2.75) is 0 Å². The van der Waals surface area contributed by atoms with Gasteiger partial charge < -0.3 is 30.9 Å². The highest BCUT2D eigenvalue weighted by Crippen LogP contribution is 2.29. The number of aromatic hydroxyl groups is 1. The minimum absolute atomic E-state index is 0. The highest BCUT2D eigenvalue weighted by molar-refractivity contribution is 14.0. The van der Waals surface area contributed by atoms with E-state index in [4.69, 9.17) is 15.2 Å². The number of guanidine groups is 1. The summed E-state index contributed by atoms with van der Waals surface area (Å²) in [5, 5.41) is 15.2. The second kappa shape index (κ2) is 11.1. The van der Waals surface area contributed by atoms with E-state index in [9.17, 15) is 9.90 Å². The maximum absolute atomic E-state index is 11.9. The summed E-state index contributed by atoms with van der Waals surface area (Å²) in [5.74, 6) is 0.947. The summed E-state index contributed by atoms with van der Waals surface area (Å²) in [6, 6.07) is 11.6. The fourth-order valence-electron chi connectivity index (χ4n) is 2.21. The van der Waals surface area contributed by atoms with E-state index in [1.165, 1.54) is 6.07 Å². The zero-order valence-electron chi connectivity index (χ0n) is 15.1. The molecule has 0 saturated carbocycles. The first-order chi connectivity index (χ1) is 12.5. The van der Waals surface area contributed by atoms with Gasteiger partial charge in [0.2, 0.25) is 0 Å². The van der Waals surface area contributed by atoms with Crippen LogP contribution in [0.5, 0.6) is 17.2 Å². The van der Waals surface area contributed by atoms with Crippen molar-refractivity contribution in [3.8, 4) is 17.2 Å². The van der Waals surface area contributed by atoms with Gasteiger partial charge in [-0.05, 0) is 24.3 Å². The minimum atomic E-state index is -0.371. The number of carbonyl (C=O) groups excluding carboxylic acids is 1. The third-order valence-corrected chi connectivity index (χ3v) is 3.48. The molecule has 1 amide bonds. The Labute approximate surface area is 174 Å². The fraction of sp³-hybridized carbons (Fsp3) is 0.222. The van der Waals surface area contributed by atoms with Gasteiger partial charge in [0, 0.05) is 18.3 Å². The van der Waals surface area contributed by atoms with E-state index >= 15 is 0 Å². The molecular formula is C18H23IN4O4. The lowest BCUT2D eigenvalue weighted by atomic mass is 10.2. The molecule has 0 fully saturated rings. The molecule has 2 rings (SSSR count). The molecule has 0 heterocycles. The quantitative estimate of drug-likeness (QED) is 0.206. The molecule has 0 spiro atoms. The van der Waals surface area contributed by atoms with E-state index in [-0.39, 0.29) is 60.2 Å². The first kappa shape index (κ1) is 22.4. The van der Waals surface area contributed by atoms with Gasteiger partial charge in [-0.3, -0.25) is 9.79 Å². The van der Waals surface area contributed by atoms with Crippen LogP contribution in [-0.2, 0) is 0 Å². The van der Waals surface area contributed by atoms with E-state index in [1.807, 2.05) is 0 Å². The number of ether oxygens (including phenoxy) is 2. The maximum atomic E-state index is 11.9. The van der Waals surface area contributed by atoms with Gasteiger partial charge in [0.25, 0.3) is 5.91 Å². The second-order valence-electron chi connectivity index (χ2n) is 5.23. The predicted molar refractivity (Wildman–Crippen MR) is 116 cm³/mol. The number of phenolic OH excluding ortho intramolecular Hbond substituents is 1. The van der Waals surface area contributed by atoms with Crippen molar-refractivity contribution in [1.82, 2.24) is 5.32 Å². The number of nitrogens with zero attached hydrogens (tertiary/aromatic N) is 1. The number of hydrogen-bond donors (Lipinski definition) is 4. The van der Waals surface area contributed by atoms with Gasteiger partial charge >= 0.3 is 0 Å². The van der Waals surface area contributed by atoms with Crippen molar-refractivity contribution in [3.63, 3.8) is 0 Å². The maximum Gasteiger partial charge on any atom is 0.255 e. The summed E-state index contributed by atoms with van der Waals surface area (Å²) in [6.45, 7) is 0.562. The summed E-state index contributed by atoms with van der Waals surface area (Å²) in [4.78, 5) is 16.1. The first-order valence-electron chi connectivity index (χ1n) is 7.90. The molecule has 0 unspecified atom stereocenters. The molecule has 9 heteroatoms. The molecule has 8 nitrogen and oxygen atoms in total. The van der Waals surface area contributed by atoms with Crippen LogP contribution in [0.25, 0.3) is 0 Å². The molecule has 0 aromatic heterocycles. The standard InChI is InChI=1S/C18H22N4O4.HI/c1-25-15-8-7-12(11-16(15)26-2)22-18(19)21-10-9-20-17(24)13-5-3-4-6-14(13)23;/h3-8,11,23H,9-10H2,1-2H3,(H,20,24)(H3,19,21,22);1H. The van der Waals surface area contributed by atoms with Crippen LogP contribution >= 0.6 is 24.0 Å². The number of carbonyl (C=O) groups is 1. The summed E-state index contributed by atoms with van der Waals surface area (Å²) in [5.41, 5.74) is 6.75. The Balaban J connectivity index is 0.00000364. The monoisotopic (exact) mass is 486 g/mol. The summed E-state index contributed by atoms with van der Waals surface area (Å²) in [6.07, 6.45) is 0. The lowest BCUT2D eigenvalue weighted by Gasteiger charge is -2.11. The highest BCUT2D eigenvalue weighted by atomic mass is 127. The minimum Gasteiger partial charge on any atom is -0.507 e. The van der Waals surface area contributed by atoms with Crippen LogP contribution in [0.3, 0.4) is 0 Å². The Hall–Kier alpha value is -2.69. The molecule has 2 aromatic carbocycles. The van der Waals surface area contributed by atoms with Crippen molar-refractivity contribution < 1.29 is 19.4 Å². The predicted octanol–water partition coefficient (Wildman–Crippen LogP) is 2.18. The van der Waals surface area contributed by atoms with E-state index < -0.39 is 0 Å². The third-order valence-electron chi connectivity index (χ3n) is 3.48. The lowest BCUT2D eigenvalue weighted by molar-refractivity contribution is 0.0952. The zero-order valence-corrected chi connectivity index (χ0v) is 17.4. The lowest BCUT2D eigenvalue weighted by Crippen LogP contribution is -2.28. The molecule has 146 valence electrons. The van der Waals surface area contributed by atoms with E-state index in [0.29, 0.717) is 17.2 Å². The number of phenols is 1. The van der Waals surface area contributed by atoms with E-state index in [0.717, 1.165) is 0 Å². The summed E-state index contributed by atoms with van der Waals surface area (Å²) in [7, 11) is 3.11. The van der Waals surface area contributed by atoms with Gasteiger partial charge in [0.1, 0.15) is 5.75 Å². The van der Waals surface area contributed by atoms with Gasteiger partial charge in [-0.15, -0.1) is 24.0 Å². The number of rotatable bonds is 7. The Bertz CT molecular complexity index is 799. The van der Waals surface area contributed by atoms with Crippen molar-refractivity contribution in [2.24, 2.45) is 10.7 Å². The zero-order chi connectivity index (χ0) is 18.9. The highest BCUT2D eigenvalue weighted by Gasteiger charge is 2.09. The Kier molecular flexibility index (Phi) is 9.20. The molecule has 0 aliphatic heterocycles. The smallest absolute Gasteiger partial charge is 0.255 e. The number of benzene rings is 2. The molecule has 0 aliphatic rings. The van der Waals surface area contributed by atoms with Crippen molar-refractivity contribution in [2.75, 3.05) is 32.6 Å². The molecule has 0 bridgehead atoms. The van der Waals surface area contributed by atoms with Gasteiger partial charge in [0.15, 0.2) is 17.5 Å². The van der Waals surface area contributed by atoms with Crippen LogP contribution in [0.15, 0.2) is 47.5 Å². The van der Waals surface area contributed by atoms with Crippen LogP contribution < -0.4 is 25.8 Å². The van der Waals surface area contributed by atoms with Crippen molar-refractivity contribution in [1.29, 1.82) is 0 Å². The van der Waals surface area contributed by atoms with Gasteiger partial charge in [-0.2, -0.15) is 0 Å². The molecule has 0 aliphatic carbocycles. The number of aliphatic imine (C=N–C) groups is 1. The SMILES string of the molecule is COc1ccc(NC(N)=NCCNC(=O)c2ccccc2O)cc1OC.I. The molecule has 0 atom stereocenters. The number of para-hydroxylation sites is 1. The van der Waals surface area contributed by atoms with Crippen LogP contribution in [0.4, 0.5) is 5.69 Å². The first-order valence-corrected chi connectivity index (χ1v) is 7.90. The van der Waals surface area contributed by atoms with Crippen LogP contribution in [-0.4, -0.2) is 44.3 Å². The van der Waals surface area contributed by atoms with Gasteiger partial charge in [0.05, 0.1) is 26.3 Å². The number of nitrogens with one attached hydrogen (secondary N) is 2. The third kappa shape index (κ3) is 6.51. The number of methoxy groups -OCH3 is 2. The summed E-state index contributed by atoms with van der Waals surface area (Å²) >= 11 is 0. The number of halogens is 1. The molecule has 0 saturated heterocycles. The number of amides is 1. The molecule has 27 heavy (non-hydrogen) atoms. The average Bonchev–Trinajstić information content (AvgIpc) is 2.65. The van der Waals surface area contributed by atoms with Gasteiger partial charge in [-0.1, -0.05) is 12.1 Å². The Morgan fingerprint density at radius 2 is 1.85 bits per heavy atom. The number of anilines is 1. The number of nitrogens with two attached hydrogens (primary N) is 1. The average molecular weight is 486 g/mol. The molecular weight excluding hydrogens is 463 g/mol. The fourth-order valence-corrected chi connectivity index (χ4v) is 2.21. The molecule has 5 N–H and O–H groups in total. The Morgan fingerprint density at radius 1 is 1.15 bits per heavy atom. The van der Waals surface area contributed by atoms with Crippen molar-refractivity contribution >= 4 is 41.5 Å².